The summed E-state index contributed by atoms with van der Waals surface area (Å²) >= 11 is 2.13. The van der Waals surface area contributed by atoms with Crippen LogP contribution >= 0.6 is 22.6 Å². The molecule has 0 N–H and O–H groups in total. The summed E-state index contributed by atoms with van der Waals surface area (Å²) in [6.07, 6.45) is 0. The summed E-state index contributed by atoms with van der Waals surface area (Å²) < 4.78 is 4.97. The number of alkyl halides is 1. The summed E-state index contributed by atoms with van der Waals surface area (Å²) in [6.45, 7) is 1.60. The second-order valence-electron chi connectivity index (χ2n) is 2.75. The first-order valence-electron chi connectivity index (χ1n) is 3.93. The van der Waals surface area contributed by atoms with Crippen LogP contribution < -0.4 is 4.74 Å². The first-order chi connectivity index (χ1) is 6.15. The van der Waals surface area contributed by atoms with E-state index in [1.165, 1.54) is 0 Å². The van der Waals surface area contributed by atoms with Gasteiger partial charge in [-0.1, -0.05) is 34.7 Å². The van der Waals surface area contributed by atoms with E-state index in [2.05, 4.69) is 22.6 Å². The Labute approximate surface area is 91.4 Å². The average molecular weight is 290 g/mol. The number of Topliss-reactive ketones (excluding diaryl/α,β-unsaturated/α-hetero) is 1. The van der Waals surface area contributed by atoms with E-state index in [4.69, 9.17) is 4.74 Å². The second kappa shape index (κ2) is 4.60. The highest BCUT2D eigenvalue weighted by molar-refractivity contribution is 14.1. The van der Waals surface area contributed by atoms with Gasteiger partial charge in [-0.05, 0) is 24.6 Å². The number of methoxy groups -OCH3 is 1. The largest absolute Gasteiger partial charge is 0.497 e. The van der Waals surface area contributed by atoms with Gasteiger partial charge in [-0.2, -0.15) is 0 Å². The van der Waals surface area contributed by atoms with Crippen molar-refractivity contribution in [1.29, 1.82) is 0 Å². The summed E-state index contributed by atoms with van der Waals surface area (Å²) in [5.41, 5.74) is 1.02. The van der Waals surface area contributed by atoms with E-state index < -0.39 is 0 Å². The van der Waals surface area contributed by atoms with E-state index in [9.17, 15) is 4.79 Å². The van der Waals surface area contributed by atoms with Crippen LogP contribution in [0, 0.1) is 0 Å². The highest BCUT2D eigenvalue weighted by Gasteiger charge is 2.11. The molecule has 0 aromatic heterocycles. The number of ether oxygens (including phenoxy) is 1. The Kier molecular flexibility index (Phi) is 3.71. The highest BCUT2D eigenvalue weighted by atomic mass is 127. The lowest BCUT2D eigenvalue weighted by atomic mass is 10.1. The number of halogens is 1. The van der Waals surface area contributed by atoms with Gasteiger partial charge >= 0.3 is 0 Å². The molecule has 2 nitrogen and oxygen atoms in total. The second-order valence-corrected chi connectivity index (χ2v) is 3.99. The average Bonchev–Trinajstić information content (AvgIpc) is 2.17. The van der Waals surface area contributed by atoms with Gasteiger partial charge in [0.15, 0.2) is 0 Å². The van der Waals surface area contributed by atoms with Crippen molar-refractivity contribution in [3.8, 4) is 5.75 Å². The molecule has 3 heteroatoms. The number of carbonyl (C=O) groups excluding carboxylic acids is 1. The maximum atomic E-state index is 11.1. The summed E-state index contributed by atoms with van der Waals surface area (Å²) in [7, 11) is 1.63. The SMILES string of the molecule is COc1ccc(C(I)C(C)=O)cc1. The van der Waals surface area contributed by atoms with Gasteiger partial charge in [0, 0.05) is 0 Å². The molecule has 0 heterocycles. The van der Waals surface area contributed by atoms with E-state index in [1.54, 1.807) is 14.0 Å². The zero-order valence-corrected chi connectivity index (χ0v) is 9.74. The molecule has 0 spiro atoms. The minimum atomic E-state index is -0.0523. The van der Waals surface area contributed by atoms with Crippen LogP contribution in [0.4, 0.5) is 0 Å². The van der Waals surface area contributed by atoms with Crippen LogP contribution in [0.5, 0.6) is 5.75 Å². The molecule has 0 saturated carbocycles. The maximum Gasteiger partial charge on any atom is 0.147 e. The first-order valence-corrected chi connectivity index (χ1v) is 5.18. The number of benzene rings is 1. The summed E-state index contributed by atoms with van der Waals surface area (Å²) in [6, 6.07) is 7.56. The van der Waals surface area contributed by atoms with Gasteiger partial charge in [-0.25, -0.2) is 0 Å². The zero-order chi connectivity index (χ0) is 9.84. The third-order valence-electron chi connectivity index (χ3n) is 1.77. The van der Waals surface area contributed by atoms with Crippen LogP contribution in [0.2, 0.25) is 0 Å². The van der Waals surface area contributed by atoms with Crippen molar-refractivity contribution in [1.82, 2.24) is 0 Å². The van der Waals surface area contributed by atoms with Crippen LogP contribution in [-0.4, -0.2) is 12.9 Å². The third-order valence-corrected chi connectivity index (χ3v) is 3.36. The molecule has 0 amide bonds. The molecular formula is C10H11IO2. The molecule has 1 rings (SSSR count). The van der Waals surface area contributed by atoms with E-state index in [-0.39, 0.29) is 9.71 Å². The standard InChI is InChI=1S/C10H11IO2/c1-7(12)10(11)8-3-5-9(13-2)6-4-8/h3-6,10H,1-2H3. The lowest BCUT2D eigenvalue weighted by molar-refractivity contribution is -0.116. The Morgan fingerprint density at radius 3 is 2.31 bits per heavy atom. The van der Waals surface area contributed by atoms with Crippen LogP contribution in [-0.2, 0) is 4.79 Å². The van der Waals surface area contributed by atoms with Crippen LogP contribution in [0.1, 0.15) is 16.4 Å². The van der Waals surface area contributed by atoms with Crippen molar-refractivity contribution < 1.29 is 9.53 Å². The molecule has 1 unspecified atom stereocenters. The molecule has 0 aliphatic carbocycles. The van der Waals surface area contributed by atoms with Gasteiger partial charge in [0.2, 0.25) is 0 Å². The number of rotatable bonds is 3. The Morgan fingerprint density at radius 2 is 1.92 bits per heavy atom. The van der Waals surface area contributed by atoms with Gasteiger partial charge in [-0.3, -0.25) is 4.79 Å². The Balaban J connectivity index is 2.85. The molecule has 1 aromatic carbocycles. The van der Waals surface area contributed by atoms with Gasteiger partial charge in [0.05, 0.1) is 11.0 Å². The van der Waals surface area contributed by atoms with Gasteiger partial charge in [-0.15, -0.1) is 0 Å². The smallest absolute Gasteiger partial charge is 0.147 e. The Hall–Kier alpha value is -0.580. The van der Waals surface area contributed by atoms with Crippen molar-refractivity contribution in [3.05, 3.63) is 29.8 Å². The predicted molar refractivity (Wildman–Crippen MR) is 60.4 cm³/mol. The minimum absolute atomic E-state index is 0.0523. The summed E-state index contributed by atoms with van der Waals surface area (Å²) in [5.74, 6) is 0.988. The van der Waals surface area contributed by atoms with Crippen LogP contribution in [0.15, 0.2) is 24.3 Å². The predicted octanol–water partition coefficient (Wildman–Crippen LogP) is 2.76. The lowest BCUT2D eigenvalue weighted by Crippen LogP contribution is -2.00. The van der Waals surface area contributed by atoms with Gasteiger partial charge < -0.3 is 4.74 Å². The van der Waals surface area contributed by atoms with E-state index >= 15 is 0 Å². The number of hydrogen-bond acceptors (Lipinski definition) is 2. The molecule has 1 aromatic rings. The molecule has 0 radical (unpaired) electrons. The maximum absolute atomic E-state index is 11.1. The van der Waals surface area contributed by atoms with Crippen molar-refractivity contribution in [2.75, 3.05) is 7.11 Å². The van der Waals surface area contributed by atoms with Crippen molar-refractivity contribution in [2.45, 2.75) is 10.8 Å². The lowest BCUT2D eigenvalue weighted by Gasteiger charge is -2.06. The van der Waals surface area contributed by atoms with E-state index in [0.29, 0.717) is 0 Å². The third kappa shape index (κ3) is 2.69. The molecular weight excluding hydrogens is 279 g/mol. The van der Waals surface area contributed by atoms with E-state index in [0.717, 1.165) is 11.3 Å². The first kappa shape index (κ1) is 10.5. The molecule has 1 atom stereocenters. The van der Waals surface area contributed by atoms with E-state index in [1.807, 2.05) is 24.3 Å². The number of carbonyl (C=O) groups is 1. The molecule has 0 aliphatic rings. The monoisotopic (exact) mass is 290 g/mol. The fourth-order valence-corrected chi connectivity index (χ4v) is 1.42. The fourth-order valence-electron chi connectivity index (χ4n) is 1.01. The Morgan fingerprint density at radius 1 is 1.38 bits per heavy atom. The molecule has 0 aliphatic heterocycles. The van der Waals surface area contributed by atoms with Crippen molar-refractivity contribution in [2.24, 2.45) is 0 Å². The molecule has 13 heavy (non-hydrogen) atoms. The number of ketones is 1. The van der Waals surface area contributed by atoms with Gasteiger partial charge in [0.1, 0.15) is 11.5 Å². The molecule has 70 valence electrons. The summed E-state index contributed by atoms with van der Waals surface area (Å²) in [5, 5.41) is 0. The molecule has 0 fully saturated rings. The number of hydrogen-bond donors (Lipinski definition) is 0. The van der Waals surface area contributed by atoms with Crippen LogP contribution in [0.3, 0.4) is 0 Å². The minimum Gasteiger partial charge on any atom is -0.497 e. The molecule has 0 saturated heterocycles. The normalized spacial score (nSPS) is 12.2. The van der Waals surface area contributed by atoms with Crippen LogP contribution in [0.25, 0.3) is 0 Å². The Bertz CT molecular complexity index is 292. The summed E-state index contributed by atoms with van der Waals surface area (Å²) in [4.78, 5) is 11.1. The topological polar surface area (TPSA) is 26.3 Å². The van der Waals surface area contributed by atoms with Gasteiger partial charge in [0.25, 0.3) is 0 Å². The van der Waals surface area contributed by atoms with Crippen molar-refractivity contribution in [3.63, 3.8) is 0 Å². The zero-order valence-electron chi connectivity index (χ0n) is 7.58. The van der Waals surface area contributed by atoms with Crippen molar-refractivity contribution >= 4 is 28.4 Å². The fraction of sp³-hybridized carbons (Fsp3) is 0.300. The highest BCUT2D eigenvalue weighted by Crippen LogP contribution is 2.25. The molecule has 0 bridgehead atoms. The quantitative estimate of drug-likeness (QED) is 0.632.